The summed E-state index contributed by atoms with van der Waals surface area (Å²) in [6.45, 7) is 0.854. The minimum absolute atomic E-state index is 0.231. The topological polar surface area (TPSA) is 50.4 Å². The van der Waals surface area contributed by atoms with Crippen LogP contribution in [0.5, 0.6) is 5.75 Å². The molecule has 2 aromatic rings. The number of nitrogens with one attached hydrogen (secondary N) is 2. The maximum atomic E-state index is 11.7. The summed E-state index contributed by atoms with van der Waals surface area (Å²) < 4.78 is 5.08. The summed E-state index contributed by atoms with van der Waals surface area (Å²) in [5.74, 6) is 0.793. The Balaban J connectivity index is 1.78. The van der Waals surface area contributed by atoms with Gasteiger partial charge in [0.2, 0.25) is 0 Å². The zero-order valence-electron chi connectivity index (χ0n) is 11.7. The van der Waals surface area contributed by atoms with E-state index in [1.54, 1.807) is 13.2 Å². The van der Waals surface area contributed by atoms with Crippen molar-refractivity contribution in [1.29, 1.82) is 0 Å². The molecule has 0 heterocycles. The van der Waals surface area contributed by atoms with Gasteiger partial charge in [0, 0.05) is 18.1 Å². The van der Waals surface area contributed by atoms with E-state index in [4.69, 9.17) is 16.3 Å². The molecule has 0 saturated heterocycles. The molecule has 2 rings (SSSR count). The van der Waals surface area contributed by atoms with Crippen LogP contribution in [0.15, 0.2) is 48.5 Å². The lowest BCUT2D eigenvalue weighted by Gasteiger charge is -2.09. The SMILES string of the molecule is COc1ccc(CNC(=O)NCc2ccccc2Cl)cc1. The smallest absolute Gasteiger partial charge is 0.315 e. The second kappa shape index (κ2) is 7.55. The second-order valence-electron chi connectivity index (χ2n) is 4.48. The van der Waals surface area contributed by atoms with Crippen LogP contribution in [0.3, 0.4) is 0 Å². The lowest BCUT2D eigenvalue weighted by atomic mass is 10.2. The Hall–Kier alpha value is -2.20. The predicted octanol–water partition coefficient (Wildman–Crippen LogP) is 3.35. The van der Waals surface area contributed by atoms with E-state index in [0.717, 1.165) is 16.9 Å². The summed E-state index contributed by atoms with van der Waals surface area (Å²) >= 11 is 6.03. The molecule has 4 nitrogen and oxygen atoms in total. The van der Waals surface area contributed by atoms with E-state index in [0.29, 0.717) is 18.1 Å². The molecule has 5 heteroatoms. The van der Waals surface area contributed by atoms with E-state index in [9.17, 15) is 4.79 Å². The number of urea groups is 1. The first-order valence-electron chi connectivity index (χ1n) is 6.57. The van der Waals surface area contributed by atoms with Gasteiger partial charge < -0.3 is 15.4 Å². The van der Waals surface area contributed by atoms with E-state index in [1.807, 2.05) is 42.5 Å². The molecule has 2 N–H and O–H groups in total. The van der Waals surface area contributed by atoms with E-state index in [-0.39, 0.29) is 6.03 Å². The zero-order valence-corrected chi connectivity index (χ0v) is 12.5. The van der Waals surface area contributed by atoms with Crippen LogP contribution in [0.25, 0.3) is 0 Å². The average Bonchev–Trinajstić information content (AvgIpc) is 2.52. The molecule has 0 aliphatic rings. The van der Waals surface area contributed by atoms with Gasteiger partial charge in [-0.05, 0) is 29.3 Å². The summed E-state index contributed by atoms with van der Waals surface area (Å²) in [6.07, 6.45) is 0. The zero-order chi connectivity index (χ0) is 15.1. The first-order chi connectivity index (χ1) is 10.2. The lowest BCUT2D eigenvalue weighted by molar-refractivity contribution is 0.240. The van der Waals surface area contributed by atoms with Crippen LogP contribution in [-0.4, -0.2) is 13.1 Å². The van der Waals surface area contributed by atoms with Crippen LogP contribution < -0.4 is 15.4 Å². The van der Waals surface area contributed by atoms with Gasteiger partial charge in [-0.2, -0.15) is 0 Å². The Kier molecular flexibility index (Phi) is 5.46. The van der Waals surface area contributed by atoms with Gasteiger partial charge in [0.15, 0.2) is 0 Å². The number of ether oxygens (including phenoxy) is 1. The maximum Gasteiger partial charge on any atom is 0.315 e. The molecule has 0 aliphatic carbocycles. The van der Waals surface area contributed by atoms with Crippen molar-refractivity contribution in [2.45, 2.75) is 13.1 Å². The summed E-state index contributed by atoms with van der Waals surface area (Å²) in [5, 5.41) is 6.21. The summed E-state index contributed by atoms with van der Waals surface area (Å²) in [4.78, 5) is 11.7. The van der Waals surface area contributed by atoms with Gasteiger partial charge in [0.1, 0.15) is 5.75 Å². The minimum Gasteiger partial charge on any atom is -0.497 e. The number of carbonyl (C=O) groups excluding carboxylic acids is 1. The van der Waals surface area contributed by atoms with Crippen LogP contribution >= 0.6 is 11.6 Å². The third-order valence-corrected chi connectivity index (χ3v) is 3.38. The summed E-state index contributed by atoms with van der Waals surface area (Å²) in [6, 6.07) is 14.7. The molecular formula is C16H17ClN2O2. The molecule has 0 bridgehead atoms. The Morgan fingerprint density at radius 1 is 1.05 bits per heavy atom. The second-order valence-corrected chi connectivity index (χ2v) is 4.88. The van der Waals surface area contributed by atoms with E-state index in [2.05, 4.69) is 10.6 Å². The largest absolute Gasteiger partial charge is 0.497 e. The average molecular weight is 305 g/mol. The molecule has 110 valence electrons. The van der Waals surface area contributed by atoms with Crippen molar-refractivity contribution in [3.63, 3.8) is 0 Å². The van der Waals surface area contributed by atoms with Gasteiger partial charge in [-0.15, -0.1) is 0 Å². The normalized spacial score (nSPS) is 10.0. The van der Waals surface area contributed by atoms with Gasteiger partial charge in [-0.25, -0.2) is 4.79 Å². The highest BCUT2D eigenvalue weighted by molar-refractivity contribution is 6.31. The number of hydrogen-bond acceptors (Lipinski definition) is 2. The number of carbonyl (C=O) groups is 1. The molecule has 0 unspecified atom stereocenters. The number of amides is 2. The van der Waals surface area contributed by atoms with Crippen molar-refractivity contribution in [1.82, 2.24) is 10.6 Å². The standard InChI is InChI=1S/C16H17ClN2O2/c1-21-14-8-6-12(7-9-14)10-18-16(20)19-11-13-4-2-3-5-15(13)17/h2-9H,10-11H2,1H3,(H2,18,19,20). The van der Waals surface area contributed by atoms with Gasteiger partial charge in [0.25, 0.3) is 0 Å². The van der Waals surface area contributed by atoms with Crippen molar-refractivity contribution < 1.29 is 9.53 Å². The van der Waals surface area contributed by atoms with E-state index < -0.39 is 0 Å². The third kappa shape index (κ3) is 4.68. The molecule has 21 heavy (non-hydrogen) atoms. The fourth-order valence-electron chi connectivity index (χ4n) is 1.81. The van der Waals surface area contributed by atoms with Crippen molar-refractivity contribution >= 4 is 17.6 Å². The maximum absolute atomic E-state index is 11.7. The van der Waals surface area contributed by atoms with Crippen molar-refractivity contribution in [3.8, 4) is 5.75 Å². The summed E-state index contributed by atoms with van der Waals surface area (Å²) in [7, 11) is 1.62. The Bertz CT molecular complexity index is 599. The monoisotopic (exact) mass is 304 g/mol. The highest BCUT2D eigenvalue weighted by atomic mass is 35.5. The van der Waals surface area contributed by atoms with Crippen LogP contribution in [0.1, 0.15) is 11.1 Å². The van der Waals surface area contributed by atoms with Gasteiger partial charge >= 0.3 is 6.03 Å². The fraction of sp³-hybridized carbons (Fsp3) is 0.188. The fourth-order valence-corrected chi connectivity index (χ4v) is 2.01. The third-order valence-electron chi connectivity index (χ3n) is 3.01. The van der Waals surface area contributed by atoms with Crippen LogP contribution in [0.2, 0.25) is 5.02 Å². The number of hydrogen-bond donors (Lipinski definition) is 2. The number of benzene rings is 2. The number of methoxy groups -OCH3 is 1. The van der Waals surface area contributed by atoms with Crippen LogP contribution in [0.4, 0.5) is 4.79 Å². The van der Waals surface area contributed by atoms with Crippen molar-refractivity contribution in [2.24, 2.45) is 0 Å². The Morgan fingerprint density at radius 2 is 1.71 bits per heavy atom. The van der Waals surface area contributed by atoms with Crippen molar-refractivity contribution in [3.05, 3.63) is 64.7 Å². The Morgan fingerprint density at radius 3 is 2.38 bits per heavy atom. The van der Waals surface area contributed by atoms with Crippen molar-refractivity contribution in [2.75, 3.05) is 7.11 Å². The summed E-state index contributed by atoms with van der Waals surface area (Å²) in [5.41, 5.74) is 1.89. The van der Waals surface area contributed by atoms with Crippen LogP contribution in [0, 0.1) is 0 Å². The molecule has 0 radical (unpaired) electrons. The molecule has 0 aliphatic heterocycles. The van der Waals surface area contributed by atoms with Gasteiger partial charge in [-0.3, -0.25) is 0 Å². The number of halogens is 1. The minimum atomic E-state index is -0.231. The van der Waals surface area contributed by atoms with Crippen LogP contribution in [-0.2, 0) is 13.1 Å². The highest BCUT2D eigenvalue weighted by Crippen LogP contribution is 2.14. The molecular weight excluding hydrogens is 288 g/mol. The van der Waals surface area contributed by atoms with E-state index in [1.165, 1.54) is 0 Å². The highest BCUT2D eigenvalue weighted by Gasteiger charge is 2.03. The quantitative estimate of drug-likeness (QED) is 0.890. The van der Waals surface area contributed by atoms with Gasteiger partial charge in [0.05, 0.1) is 7.11 Å². The molecule has 0 spiro atoms. The molecule has 0 saturated carbocycles. The molecule has 0 fully saturated rings. The first-order valence-corrected chi connectivity index (χ1v) is 6.95. The first kappa shape index (κ1) is 15.2. The lowest BCUT2D eigenvalue weighted by Crippen LogP contribution is -2.34. The molecule has 0 aromatic heterocycles. The molecule has 0 atom stereocenters. The molecule has 2 amide bonds. The Labute approximate surface area is 129 Å². The van der Waals surface area contributed by atoms with Gasteiger partial charge in [-0.1, -0.05) is 41.9 Å². The predicted molar refractivity (Wildman–Crippen MR) is 83.5 cm³/mol. The number of rotatable bonds is 5. The van der Waals surface area contributed by atoms with E-state index >= 15 is 0 Å². The molecule has 2 aromatic carbocycles.